The fourth-order valence-electron chi connectivity index (χ4n) is 3.83. The number of pyridine rings is 1. The summed E-state index contributed by atoms with van der Waals surface area (Å²) in [7, 11) is 2.02. The van der Waals surface area contributed by atoms with Gasteiger partial charge in [-0.3, -0.25) is 4.79 Å². The largest absolute Gasteiger partial charge is 0.484 e. The van der Waals surface area contributed by atoms with E-state index in [2.05, 4.69) is 20.2 Å². The van der Waals surface area contributed by atoms with Crippen molar-refractivity contribution in [2.45, 2.75) is 32.0 Å². The second-order valence-corrected chi connectivity index (χ2v) is 8.42. The summed E-state index contributed by atoms with van der Waals surface area (Å²) in [6, 6.07) is 9.36. The number of nitrogens with zero attached hydrogens (tertiary/aromatic N) is 3. The number of amides is 1. The molecule has 0 spiro atoms. The van der Waals surface area contributed by atoms with Gasteiger partial charge in [0.2, 0.25) is 5.89 Å². The summed E-state index contributed by atoms with van der Waals surface area (Å²) >= 11 is 0. The fraction of sp³-hybridized carbons (Fsp3) is 0.375. The highest BCUT2D eigenvalue weighted by molar-refractivity contribution is 5.96. The van der Waals surface area contributed by atoms with Gasteiger partial charge in [0.1, 0.15) is 17.7 Å². The summed E-state index contributed by atoms with van der Waals surface area (Å²) in [5.74, 6) is 0.120. The molecule has 7 nitrogen and oxygen atoms in total. The molecule has 1 unspecified atom stereocenters. The molecule has 0 bridgehead atoms. The number of hydrogen-bond donors (Lipinski definition) is 1. The molecule has 3 aromatic rings. The van der Waals surface area contributed by atoms with Crippen molar-refractivity contribution in [3.8, 4) is 28.6 Å². The molecule has 0 radical (unpaired) electrons. The van der Waals surface area contributed by atoms with E-state index in [1.165, 1.54) is 18.4 Å². The first-order valence-corrected chi connectivity index (χ1v) is 10.9. The number of carbonyl (C=O) groups is 1. The van der Waals surface area contributed by atoms with Crippen LogP contribution in [0.25, 0.3) is 22.8 Å². The molecule has 1 aromatic carbocycles. The molecule has 1 aliphatic heterocycles. The van der Waals surface area contributed by atoms with Crippen molar-refractivity contribution in [1.82, 2.24) is 20.2 Å². The SMILES string of the molecule is Cc1coc(-c2cc(C(=O)NC3CCCN(C)C3)cc(-c3ccc(OCC(F)(F)F)cc3)n2)n1. The van der Waals surface area contributed by atoms with Crippen LogP contribution in [0.2, 0.25) is 0 Å². The molecule has 1 saturated heterocycles. The topological polar surface area (TPSA) is 80.5 Å². The van der Waals surface area contributed by atoms with Gasteiger partial charge in [-0.2, -0.15) is 13.2 Å². The van der Waals surface area contributed by atoms with Crippen molar-refractivity contribution in [1.29, 1.82) is 0 Å². The van der Waals surface area contributed by atoms with E-state index in [0.29, 0.717) is 28.2 Å². The number of aromatic nitrogens is 2. The van der Waals surface area contributed by atoms with Crippen LogP contribution in [0.15, 0.2) is 47.1 Å². The minimum Gasteiger partial charge on any atom is -0.484 e. The van der Waals surface area contributed by atoms with Crippen molar-refractivity contribution in [3.63, 3.8) is 0 Å². The number of halogens is 3. The lowest BCUT2D eigenvalue weighted by molar-refractivity contribution is -0.153. The zero-order valence-corrected chi connectivity index (χ0v) is 18.9. The van der Waals surface area contributed by atoms with Crippen LogP contribution in [-0.2, 0) is 0 Å². The highest BCUT2D eigenvalue weighted by atomic mass is 19.4. The number of aryl methyl sites for hydroxylation is 1. The summed E-state index contributed by atoms with van der Waals surface area (Å²) in [5, 5.41) is 3.08. The third-order valence-electron chi connectivity index (χ3n) is 5.44. The predicted molar refractivity (Wildman–Crippen MR) is 119 cm³/mol. The summed E-state index contributed by atoms with van der Waals surface area (Å²) in [4.78, 5) is 24.2. The number of piperidine rings is 1. The van der Waals surface area contributed by atoms with Crippen LogP contribution < -0.4 is 10.1 Å². The fourth-order valence-corrected chi connectivity index (χ4v) is 3.83. The van der Waals surface area contributed by atoms with Crippen LogP contribution in [0.3, 0.4) is 0 Å². The van der Waals surface area contributed by atoms with Gasteiger partial charge in [-0.25, -0.2) is 9.97 Å². The first kappa shape index (κ1) is 23.7. The molecule has 1 atom stereocenters. The molecule has 1 aliphatic rings. The van der Waals surface area contributed by atoms with Gasteiger partial charge in [0.15, 0.2) is 6.61 Å². The van der Waals surface area contributed by atoms with Crippen molar-refractivity contribution in [2.24, 2.45) is 0 Å². The Morgan fingerprint density at radius 2 is 1.94 bits per heavy atom. The minimum absolute atomic E-state index is 0.0420. The predicted octanol–water partition coefficient (Wildman–Crippen LogP) is 4.48. The zero-order valence-electron chi connectivity index (χ0n) is 18.9. The molecule has 34 heavy (non-hydrogen) atoms. The highest BCUT2D eigenvalue weighted by Gasteiger charge is 2.28. The summed E-state index contributed by atoms with van der Waals surface area (Å²) in [5.41, 5.74) is 2.51. The third kappa shape index (κ3) is 6.13. The first-order chi connectivity index (χ1) is 16.2. The Morgan fingerprint density at radius 3 is 2.59 bits per heavy atom. The Balaban J connectivity index is 1.62. The van der Waals surface area contributed by atoms with Gasteiger partial charge >= 0.3 is 6.18 Å². The monoisotopic (exact) mass is 474 g/mol. The molecular formula is C24H25F3N4O3. The molecule has 0 aliphatic carbocycles. The zero-order chi connectivity index (χ0) is 24.3. The van der Waals surface area contributed by atoms with Gasteiger partial charge in [0.05, 0.1) is 11.4 Å². The van der Waals surface area contributed by atoms with Crippen molar-refractivity contribution >= 4 is 5.91 Å². The van der Waals surface area contributed by atoms with Gasteiger partial charge in [0, 0.05) is 23.7 Å². The van der Waals surface area contributed by atoms with Crippen LogP contribution in [0.1, 0.15) is 28.9 Å². The van der Waals surface area contributed by atoms with E-state index in [0.717, 1.165) is 25.9 Å². The Bertz CT molecular complexity index is 1150. The average Bonchev–Trinajstić information content (AvgIpc) is 3.24. The third-order valence-corrected chi connectivity index (χ3v) is 5.44. The van der Waals surface area contributed by atoms with Crippen molar-refractivity contribution in [3.05, 3.63) is 53.9 Å². The maximum absolute atomic E-state index is 13.1. The van der Waals surface area contributed by atoms with E-state index >= 15 is 0 Å². The summed E-state index contributed by atoms with van der Waals surface area (Å²) in [6.07, 6.45) is -1.02. The summed E-state index contributed by atoms with van der Waals surface area (Å²) < 4.78 is 47.5. The Labute approximate surface area is 195 Å². The number of ether oxygens (including phenoxy) is 1. The van der Waals surface area contributed by atoms with Crippen molar-refractivity contribution in [2.75, 3.05) is 26.7 Å². The lowest BCUT2D eigenvalue weighted by Crippen LogP contribution is -2.46. The van der Waals surface area contributed by atoms with E-state index in [1.54, 1.807) is 31.2 Å². The van der Waals surface area contributed by atoms with E-state index < -0.39 is 12.8 Å². The van der Waals surface area contributed by atoms with Crippen LogP contribution in [0, 0.1) is 6.92 Å². The normalized spacial score (nSPS) is 16.9. The standard InChI is InChI=1S/C24H25F3N4O3/c1-15-13-33-23(28-15)21-11-17(22(32)29-18-4-3-9-31(2)12-18)10-20(30-21)16-5-7-19(8-6-16)34-14-24(25,26)27/h5-8,10-11,13,18H,3-4,9,12,14H2,1-2H3,(H,29,32). The van der Waals surface area contributed by atoms with E-state index in [4.69, 9.17) is 9.15 Å². The molecule has 180 valence electrons. The van der Waals surface area contributed by atoms with Gasteiger partial charge in [-0.1, -0.05) is 0 Å². The molecule has 10 heteroatoms. The smallest absolute Gasteiger partial charge is 0.422 e. The van der Waals surface area contributed by atoms with Crippen molar-refractivity contribution < 1.29 is 27.1 Å². The van der Waals surface area contributed by atoms with Gasteiger partial charge < -0.3 is 19.4 Å². The molecule has 2 aromatic heterocycles. The Hall–Kier alpha value is -3.40. The molecule has 3 heterocycles. The molecule has 1 amide bonds. The van der Waals surface area contributed by atoms with Crippen LogP contribution in [-0.4, -0.2) is 59.7 Å². The van der Waals surface area contributed by atoms with Gasteiger partial charge in [-0.05, 0) is 69.8 Å². The van der Waals surface area contributed by atoms with E-state index in [1.807, 2.05) is 7.05 Å². The first-order valence-electron chi connectivity index (χ1n) is 10.9. The van der Waals surface area contributed by atoms with Crippen LogP contribution in [0.4, 0.5) is 13.2 Å². The average molecular weight is 474 g/mol. The molecule has 0 saturated carbocycles. The number of alkyl halides is 3. The second-order valence-electron chi connectivity index (χ2n) is 8.42. The number of hydrogen-bond acceptors (Lipinski definition) is 6. The Kier molecular flexibility index (Phi) is 6.87. The quantitative estimate of drug-likeness (QED) is 0.568. The number of likely N-dealkylation sites (N-methyl/N-ethyl adjacent to an activating group) is 1. The van der Waals surface area contributed by atoms with Crippen LogP contribution in [0.5, 0.6) is 5.75 Å². The Morgan fingerprint density at radius 1 is 1.21 bits per heavy atom. The van der Waals surface area contributed by atoms with Gasteiger partial charge in [0.25, 0.3) is 5.91 Å². The lowest BCUT2D eigenvalue weighted by atomic mass is 10.0. The number of rotatable bonds is 6. The molecule has 1 fully saturated rings. The number of nitrogens with one attached hydrogen (secondary N) is 1. The number of oxazole rings is 1. The molecular weight excluding hydrogens is 449 g/mol. The number of carbonyl (C=O) groups excluding carboxylic acids is 1. The number of benzene rings is 1. The molecule has 4 rings (SSSR count). The highest BCUT2D eigenvalue weighted by Crippen LogP contribution is 2.27. The van der Waals surface area contributed by atoms with E-state index in [-0.39, 0.29) is 23.6 Å². The maximum Gasteiger partial charge on any atom is 0.422 e. The van der Waals surface area contributed by atoms with E-state index in [9.17, 15) is 18.0 Å². The van der Waals surface area contributed by atoms with Gasteiger partial charge in [-0.15, -0.1) is 0 Å². The van der Waals surface area contributed by atoms with Crippen LogP contribution >= 0.6 is 0 Å². The summed E-state index contributed by atoms with van der Waals surface area (Å²) in [6.45, 7) is 2.19. The second kappa shape index (κ2) is 9.84. The minimum atomic E-state index is -4.42. The number of likely N-dealkylation sites (tertiary alicyclic amines) is 1. The molecule has 1 N–H and O–H groups in total. The maximum atomic E-state index is 13.1. The lowest BCUT2D eigenvalue weighted by Gasteiger charge is -2.30.